The molecule has 0 saturated heterocycles. The molecule has 10 aromatic rings. The smallest absolute Gasteiger partial charge is 0.0541 e. The van der Waals surface area contributed by atoms with Crippen LogP contribution in [0.1, 0.15) is 0 Å². The van der Waals surface area contributed by atoms with Gasteiger partial charge in [-0.3, -0.25) is 0 Å². The Bertz CT molecular complexity index is 2810. The van der Waals surface area contributed by atoms with Crippen LogP contribution < -0.4 is 4.90 Å². The third-order valence-electron chi connectivity index (χ3n) is 10.6. The van der Waals surface area contributed by atoms with E-state index in [-0.39, 0.29) is 0 Å². The summed E-state index contributed by atoms with van der Waals surface area (Å²) in [6.45, 7) is 0. The standard InChI is InChI=1S/C52H36N2/c1-4-14-37(15-5-1)42-28-32-51-48(35-42)49-36-43(38-16-6-2-7-17-38)29-33-52(49)54(51)46-23-12-20-41(34-46)39-26-30-45(31-27-39)53(44-21-8-3-9-22-44)50-25-13-19-40-18-10-11-24-47(40)50/h1-36H. The average Bonchev–Trinajstić information content (AvgIpc) is 3.58. The molecule has 0 aliphatic carbocycles. The number of rotatable bonds is 7. The van der Waals surface area contributed by atoms with Crippen molar-refractivity contribution in [3.05, 3.63) is 218 Å². The zero-order valence-electron chi connectivity index (χ0n) is 29.7. The van der Waals surface area contributed by atoms with Crippen LogP contribution in [0.5, 0.6) is 0 Å². The second kappa shape index (κ2) is 13.4. The van der Waals surface area contributed by atoms with Crippen molar-refractivity contribution in [1.29, 1.82) is 0 Å². The van der Waals surface area contributed by atoms with E-state index in [0.29, 0.717) is 0 Å². The van der Waals surface area contributed by atoms with Crippen molar-refractivity contribution in [1.82, 2.24) is 4.57 Å². The first-order valence-electron chi connectivity index (χ1n) is 18.5. The van der Waals surface area contributed by atoms with E-state index in [9.17, 15) is 0 Å². The van der Waals surface area contributed by atoms with E-state index in [1.54, 1.807) is 0 Å². The highest BCUT2D eigenvalue weighted by Gasteiger charge is 2.17. The maximum Gasteiger partial charge on any atom is 0.0541 e. The van der Waals surface area contributed by atoms with Crippen molar-refractivity contribution in [2.45, 2.75) is 0 Å². The maximum atomic E-state index is 2.42. The molecule has 0 bridgehead atoms. The fraction of sp³-hybridized carbons (Fsp3) is 0. The molecule has 2 nitrogen and oxygen atoms in total. The van der Waals surface area contributed by atoms with Crippen LogP contribution in [-0.2, 0) is 0 Å². The highest BCUT2D eigenvalue weighted by molar-refractivity contribution is 6.11. The number of anilines is 3. The molecule has 254 valence electrons. The van der Waals surface area contributed by atoms with Crippen LogP contribution in [0.4, 0.5) is 17.1 Å². The van der Waals surface area contributed by atoms with E-state index in [2.05, 4.69) is 228 Å². The van der Waals surface area contributed by atoms with Gasteiger partial charge >= 0.3 is 0 Å². The van der Waals surface area contributed by atoms with Crippen LogP contribution in [0.2, 0.25) is 0 Å². The molecule has 0 unspecified atom stereocenters. The van der Waals surface area contributed by atoms with Crippen LogP contribution in [0, 0.1) is 0 Å². The molecular weight excluding hydrogens is 653 g/mol. The van der Waals surface area contributed by atoms with Gasteiger partial charge in [0.05, 0.1) is 16.7 Å². The fourth-order valence-electron chi connectivity index (χ4n) is 7.96. The Hall–Kier alpha value is -7.16. The van der Waals surface area contributed by atoms with Crippen molar-refractivity contribution in [3.63, 3.8) is 0 Å². The summed E-state index contributed by atoms with van der Waals surface area (Å²) in [5.74, 6) is 0. The number of aromatic nitrogens is 1. The Balaban J connectivity index is 1.08. The first-order chi connectivity index (χ1) is 26.8. The lowest BCUT2D eigenvalue weighted by Crippen LogP contribution is -2.10. The molecule has 0 aliphatic heterocycles. The second-order valence-corrected chi connectivity index (χ2v) is 13.8. The van der Waals surface area contributed by atoms with Gasteiger partial charge < -0.3 is 9.47 Å². The summed E-state index contributed by atoms with van der Waals surface area (Å²) >= 11 is 0. The number of benzene rings is 9. The summed E-state index contributed by atoms with van der Waals surface area (Å²) in [4.78, 5) is 2.36. The van der Waals surface area contributed by atoms with E-state index < -0.39 is 0 Å². The normalized spacial score (nSPS) is 11.3. The van der Waals surface area contributed by atoms with Crippen molar-refractivity contribution in [3.8, 4) is 39.1 Å². The lowest BCUT2D eigenvalue weighted by molar-refractivity contribution is 1.18. The van der Waals surface area contributed by atoms with E-state index in [1.807, 2.05) is 0 Å². The molecule has 1 heterocycles. The van der Waals surface area contributed by atoms with Crippen molar-refractivity contribution in [2.75, 3.05) is 4.90 Å². The molecule has 10 rings (SSSR count). The molecule has 9 aromatic carbocycles. The predicted molar refractivity (Wildman–Crippen MR) is 229 cm³/mol. The number of hydrogen-bond donors (Lipinski definition) is 0. The maximum absolute atomic E-state index is 2.42. The van der Waals surface area contributed by atoms with Gasteiger partial charge in [0.1, 0.15) is 0 Å². The summed E-state index contributed by atoms with van der Waals surface area (Å²) in [5, 5.41) is 4.93. The highest BCUT2D eigenvalue weighted by atomic mass is 15.1. The van der Waals surface area contributed by atoms with Crippen LogP contribution in [-0.4, -0.2) is 4.57 Å². The van der Waals surface area contributed by atoms with Crippen LogP contribution >= 0.6 is 0 Å². The topological polar surface area (TPSA) is 8.17 Å². The van der Waals surface area contributed by atoms with Gasteiger partial charge in [-0.25, -0.2) is 0 Å². The lowest BCUT2D eigenvalue weighted by atomic mass is 10.0. The lowest BCUT2D eigenvalue weighted by Gasteiger charge is -2.27. The molecule has 0 N–H and O–H groups in total. The number of fused-ring (bicyclic) bond motifs is 4. The van der Waals surface area contributed by atoms with E-state index in [4.69, 9.17) is 0 Å². The van der Waals surface area contributed by atoms with Gasteiger partial charge in [0, 0.05) is 33.2 Å². The van der Waals surface area contributed by atoms with Crippen molar-refractivity contribution in [2.24, 2.45) is 0 Å². The van der Waals surface area contributed by atoms with Gasteiger partial charge in [-0.1, -0.05) is 152 Å². The third kappa shape index (κ3) is 5.62. The summed E-state index contributed by atoms with van der Waals surface area (Å²) in [6.07, 6.45) is 0. The molecule has 0 atom stereocenters. The molecule has 1 aromatic heterocycles. The molecule has 0 aliphatic rings. The summed E-state index contributed by atoms with van der Waals surface area (Å²) in [6, 6.07) is 78.8. The monoisotopic (exact) mass is 688 g/mol. The number of para-hydroxylation sites is 1. The second-order valence-electron chi connectivity index (χ2n) is 13.8. The number of nitrogens with zero attached hydrogens (tertiary/aromatic N) is 2. The molecule has 0 saturated carbocycles. The van der Waals surface area contributed by atoms with Gasteiger partial charge in [0.15, 0.2) is 0 Å². The predicted octanol–water partition coefficient (Wildman–Crippen LogP) is 14.4. The minimum atomic E-state index is 1.11. The molecule has 0 radical (unpaired) electrons. The van der Waals surface area contributed by atoms with Crippen LogP contribution in [0.25, 0.3) is 71.6 Å². The zero-order valence-corrected chi connectivity index (χ0v) is 29.7. The summed E-state index contributed by atoms with van der Waals surface area (Å²) < 4.78 is 2.42. The SMILES string of the molecule is c1ccc(-c2ccc3c(c2)c2cc(-c4ccccc4)ccc2n3-c2cccc(-c3ccc(N(c4ccccc4)c4cccc5ccccc45)cc3)c2)cc1. The Morgan fingerprint density at radius 2 is 0.759 bits per heavy atom. The third-order valence-corrected chi connectivity index (χ3v) is 10.6. The molecule has 54 heavy (non-hydrogen) atoms. The molecule has 0 amide bonds. The van der Waals surface area contributed by atoms with E-state index >= 15 is 0 Å². The molecular formula is C52H36N2. The molecule has 0 fully saturated rings. The molecule has 0 spiro atoms. The van der Waals surface area contributed by atoms with Gasteiger partial charge in [0.2, 0.25) is 0 Å². The quantitative estimate of drug-likeness (QED) is 0.162. The van der Waals surface area contributed by atoms with Gasteiger partial charge in [-0.2, -0.15) is 0 Å². The Kier molecular flexibility index (Phi) is 7.85. The van der Waals surface area contributed by atoms with Crippen LogP contribution in [0.3, 0.4) is 0 Å². The zero-order chi connectivity index (χ0) is 35.8. The van der Waals surface area contributed by atoms with Crippen LogP contribution in [0.15, 0.2) is 218 Å². The van der Waals surface area contributed by atoms with Crippen molar-refractivity contribution >= 4 is 49.6 Å². The Morgan fingerprint density at radius 3 is 1.41 bits per heavy atom. The van der Waals surface area contributed by atoms with Crippen molar-refractivity contribution < 1.29 is 0 Å². The minimum Gasteiger partial charge on any atom is -0.310 e. The fourth-order valence-corrected chi connectivity index (χ4v) is 7.96. The summed E-state index contributed by atoms with van der Waals surface area (Å²) in [5.41, 5.74) is 14.1. The Morgan fingerprint density at radius 1 is 0.296 bits per heavy atom. The summed E-state index contributed by atoms with van der Waals surface area (Å²) in [7, 11) is 0. The first-order valence-corrected chi connectivity index (χ1v) is 18.5. The number of hydrogen-bond acceptors (Lipinski definition) is 1. The minimum absolute atomic E-state index is 1.11. The van der Waals surface area contributed by atoms with Gasteiger partial charge in [0.25, 0.3) is 0 Å². The van der Waals surface area contributed by atoms with E-state index in [1.165, 1.54) is 66.0 Å². The van der Waals surface area contributed by atoms with Gasteiger partial charge in [-0.15, -0.1) is 0 Å². The Labute approximate surface area is 315 Å². The first kappa shape index (κ1) is 31.6. The highest BCUT2D eigenvalue weighted by Crippen LogP contribution is 2.41. The molecule has 2 heteroatoms. The van der Waals surface area contributed by atoms with E-state index in [0.717, 1.165) is 22.7 Å². The average molecular weight is 689 g/mol. The largest absolute Gasteiger partial charge is 0.310 e. The van der Waals surface area contributed by atoms with Gasteiger partial charge in [-0.05, 0) is 105 Å².